The van der Waals surface area contributed by atoms with Gasteiger partial charge in [0.1, 0.15) is 0 Å². The largest absolute Gasteiger partial charge is 0.481 e. The summed E-state index contributed by atoms with van der Waals surface area (Å²) in [4.78, 5) is 24.8. The van der Waals surface area contributed by atoms with Crippen molar-refractivity contribution in [3.8, 4) is 0 Å². The lowest BCUT2D eigenvalue weighted by molar-refractivity contribution is -0.137. The fraction of sp³-hybridized carbons (Fsp3) is 0.867. The maximum absolute atomic E-state index is 12.2. The second-order valence-corrected chi connectivity index (χ2v) is 6.12. The van der Waals surface area contributed by atoms with Crippen molar-refractivity contribution in [3.63, 3.8) is 0 Å². The molecule has 0 saturated carbocycles. The van der Waals surface area contributed by atoms with Gasteiger partial charge in [0, 0.05) is 19.1 Å². The van der Waals surface area contributed by atoms with Gasteiger partial charge in [0.15, 0.2) is 0 Å². The molecule has 2 amide bonds. The zero-order valence-corrected chi connectivity index (χ0v) is 12.9. The summed E-state index contributed by atoms with van der Waals surface area (Å²) in [6.07, 6.45) is 4.54. The van der Waals surface area contributed by atoms with E-state index in [1.807, 2.05) is 18.7 Å². The summed E-state index contributed by atoms with van der Waals surface area (Å²) >= 11 is 0. The van der Waals surface area contributed by atoms with Gasteiger partial charge in [-0.15, -0.1) is 0 Å². The molecule has 0 spiro atoms. The number of aliphatic carboxylic acids is 1. The van der Waals surface area contributed by atoms with Gasteiger partial charge in [-0.2, -0.15) is 0 Å². The van der Waals surface area contributed by atoms with E-state index in [1.165, 1.54) is 12.8 Å². The molecule has 1 saturated heterocycles. The highest BCUT2D eigenvalue weighted by molar-refractivity contribution is 5.76. The SMILES string of the molecule is CCCC1CCN(C(=O)NC(CC(=O)O)C(C)C)CC1. The minimum absolute atomic E-state index is 0.0181. The summed E-state index contributed by atoms with van der Waals surface area (Å²) < 4.78 is 0. The highest BCUT2D eigenvalue weighted by Crippen LogP contribution is 2.21. The predicted octanol–water partition coefficient (Wildman–Crippen LogP) is 2.71. The van der Waals surface area contributed by atoms with Gasteiger partial charge >= 0.3 is 12.0 Å². The zero-order chi connectivity index (χ0) is 15.1. The third-order valence-corrected chi connectivity index (χ3v) is 4.11. The maximum Gasteiger partial charge on any atom is 0.317 e. The molecule has 1 rings (SSSR count). The average Bonchev–Trinajstić information content (AvgIpc) is 2.38. The van der Waals surface area contributed by atoms with Crippen molar-refractivity contribution >= 4 is 12.0 Å². The molecule has 0 aromatic heterocycles. The van der Waals surface area contributed by atoms with Crippen LogP contribution < -0.4 is 5.32 Å². The summed E-state index contributed by atoms with van der Waals surface area (Å²) in [5, 5.41) is 11.8. The molecule has 5 nitrogen and oxygen atoms in total. The molecule has 0 radical (unpaired) electrons. The van der Waals surface area contributed by atoms with Crippen molar-refractivity contribution in [3.05, 3.63) is 0 Å². The molecule has 116 valence electrons. The molecule has 1 atom stereocenters. The van der Waals surface area contributed by atoms with E-state index >= 15 is 0 Å². The summed E-state index contributed by atoms with van der Waals surface area (Å²) in [7, 11) is 0. The third-order valence-electron chi connectivity index (χ3n) is 4.11. The van der Waals surface area contributed by atoms with Gasteiger partial charge in [0.2, 0.25) is 0 Å². The van der Waals surface area contributed by atoms with E-state index in [9.17, 15) is 9.59 Å². The molecule has 1 fully saturated rings. The van der Waals surface area contributed by atoms with E-state index in [0.717, 1.165) is 31.8 Å². The van der Waals surface area contributed by atoms with Crippen LogP contribution >= 0.6 is 0 Å². The first-order valence-electron chi connectivity index (χ1n) is 7.71. The van der Waals surface area contributed by atoms with Crippen LogP contribution in [0.4, 0.5) is 4.79 Å². The van der Waals surface area contributed by atoms with Gasteiger partial charge in [-0.1, -0.05) is 33.6 Å². The summed E-state index contributed by atoms with van der Waals surface area (Å²) in [6, 6.07) is -0.409. The number of carbonyl (C=O) groups is 2. The Morgan fingerprint density at radius 3 is 2.35 bits per heavy atom. The Hall–Kier alpha value is -1.26. The van der Waals surface area contributed by atoms with Crippen LogP contribution in [0.2, 0.25) is 0 Å². The minimum Gasteiger partial charge on any atom is -0.481 e. The number of hydrogen-bond acceptors (Lipinski definition) is 2. The predicted molar refractivity (Wildman–Crippen MR) is 78.6 cm³/mol. The topological polar surface area (TPSA) is 69.6 Å². The van der Waals surface area contributed by atoms with Gasteiger partial charge in [-0.3, -0.25) is 4.79 Å². The molecule has 1 unspecified atom stereocenters. The third kappa shape index (κ3) is 5.39. The number of carboxylic acid groups (broad SMARTS) is 1. The molecule has 2 N–H and O–H groups in total. The number of rotatable bonds is 6. The molecule has 1 aliphatic heterocycles. The lowest BCUT2D eigenvalue weighted by atomic mass is 9.92. The van der Waals surface area contributed by atoms with Crippen molar-refractivity contribution < 1.29 is 14.7 Å². The summed E-state index contributed by atoms with van der Waals surface area (Å²) in [5.74, 6) is -0.0118. The molecular weight excluding hydrogens is 256 g/mol. The van der Waals surface area contributed by atoms with Crippen molar-refractivity contribution in [2.75, 3.05) is 13.1 Å². The Kier molecular flexibility index (Phi) is 6.82. The summed E-state index contributed by atoms with van der Waals surface area (Å²) in [5.41, 5.74) is 0. The van der Waals surface area contributed by atoms with E-state index in [2.05, 4.69) is 12.2 Å². The monoisotopic (exact) mass is 284 g/mol. The number of carboxylic acids is 1. The Morgan fingerprint density at radius 2 is 1.90 bits per heavy atom. The second kappa shape index (κ2) is 8.12. The molecular formula is C15H28N2O3. The van der Waals surface area contributed by atoms with E-state index in [1.54, 1.807) is 0 Å². The van der Waals surface area contributed by atoms with Crippen LogP contribution in [0, 0.1) is 11.8 Å². The first kappa shape index (κ1) is 16.8. The highest BCUT2D eigenvalue weighted by Gasteiger charge is 2.25. The Balaban J connectivity index is 2.43. The first-order chi connectivity index (χ1) is 9.43. The molecule has 20 heavy (non-hydrogen) atoms. The number of piperidine rings is 1. The zero-order valence-electron chi connectivity index (χ0n) is 12.9. The molecule has 0 aromatic carbocycles. The fourth-order valence-electron chi connectivity index (χ4n) is 2.72. The molecule has 1 aliphatic rings. The minimum atomic E-state index is -0.870. The highest BCUT2D eigenvalue weighted by atomic mass is 16.4. The Morgan fingerprint density at radius 1 is 1.30 bits per heavy atom. The molecule has 0 aliphatic carbocycles. The molecule has 1 heterocycles. The Bertz CT molecular complexity index is 323. The van der Waals surface area contributed by atoms with Crippen LogP contribution in [0.3, 0.4) is 0 Å². The Labute approximate surface area is 121 Å². The lowest BCUT2D eigenvalue weighted by Crippen LogP contribution is -2.49. The van der Waals surface area contributed by atoms with Gasteiger partial charge in [-0.25, -0.2) is 4.79 Å². The molecule has 0 aromatic rings. The van der Waals surface area contributed by atoms with Gasteiger partial charge < -0.3 is 15.3 Å². The van der Waals surface area contributed by atoms with Gasteiger partial charge in [0.25, 0.3) is 0 Å². The number of likely N-dealkylation sites (tertiary alicyclic amines) is 1. The van der Waals surface area contributed by atoms with Crippen molar-refractivity contribution in [1.82, 2.24) is 10.2 Å². The standard InChI is InChI=1S/C15H28N2O3/c1-4-5-12-6-8-17(9-7-12)15(20)16-13(11(2)3)10-14(18)19/h11-13H,4-10H2,1-3H3,(H,16,20)(H,18,19). The molecule has 5 heteroatoms. The lowest BCUT2D eigenvalue weighted by Gasteiger charge is -2.33. The van der Waals surface area contributed by atoms with Crippen molar-refractivity contribution in [2.45, 2.75) is 58.9 Å². The number of amides is 2. The number of carbonyl (C=O) groups excluding carboxylic acids is 1. The fourth-order valence-corrected chi connectivity index (χ4v) is 2.72. The van der Waals surface area contributed by atoms with Gasteiger partial charge in [0.05, 0.1) is 6.42 Å². The van der Waals surface area contributed by atoms with Crippen LogP contribution in [-0.2, 0) is 4.79 Å². The van der Waals surface area contributed by atoms with Crippen LogP contribution in [-0.4, -0.2) is 41.1 Å². The number of urea groups is 1. The smallest absolute Gasteiger partial charge is 0.317 e. The molecule has 0 bridgehead atoms. The van der Waals surface area contributed by atoms with Crippen molar-refractivity contribution in [1.29, 1.82) is 0 Å². The number of nitrogens with zero attached hydrogens (tertiary/aromatic N) is 1. The average molecular weight is 284 g/mol. The van der Waals surface area contributed by atoms with Crippen LogP contribution in [0.25, 0.3) is 0 Å². The van der Waals surface area contributed by atoms with Crippen molar-refractivity contribution in [2.24, 2.45) is 11.8 Å². The van der Waals surface area contributed by atoms with E-state index in [-0.39, 0.29) is 24.4 Å². The first-order valence-corrected chi connectivity index (χ1v) is 7.71. The normalized spacial score (nSPS) is 18.1. The van der Waals surface area contributed by atoms with E-state index in [0.29, 0.717) is 0 Å². The maximum atomic E-state index is 12.2. The van der Waals surface area contributed by atoms with E-state index < -0.39 is 5.97 Å². The quantitative estimate of drug-likeness (QED) is 0.788. The second-order valence-electron chi connectivity index (χ2n) is 6.12. The summed E-state index contributed by atoms with van der Waals surface area (Å²) in [6.45, 7) is 7.63. The van der Waals surface area contributed by atoms with Crippen LogP contribution in [0.5, 0.6) is 0 Å². The van der Waals surface area contributed by atoms with E-state index in [4.69, 9.17) is 5.11 Å². The number of hydrogen-bond donors (Lipinski definition) is 2. The van der Waals surface area contributed by atoms with Gasteiger partial charge in [-0.05, 0) is 24.7 Å². The van der Waals surface area contributed by atoms with Crippen LogP contribution in [0.1, 0.15) is 52.9 Å². The van der Waals surface area contributed by atoms with Crippen LogP contribution in [0.15, 0.2) is 0 Å². The number of nitrogens with one attached hydrogen (secondary N) is 1.